The molecule has 2 amide bonds. The Bertz CT molecular complexity index is 829. The topological polar surface area (TPSA) is 67.4 Å². The minimum absolute atomic E-state index is 0.200. The second kappa shape index (κ2) is 7.15. The van der Waals surface area contributed by atoms with Crippen molar-refractivity contribution in [3.05, 3.63) is 65.0 Å². The number of aryl methyl sites for hydroxylation is 2. The van der Waals surface area contributed by atoms with Crippen LogP contribution in [0.2, 0.25) is 0 Å². The summed E-state index contributed by atoms with van der Waals surface area (Å²) in [4.78, 5) is 24.4. The number of hydrogen-bond donors (Lipinski definition) is 2. The summed E-state index contributed by atoms with van der Waals surface area (Å²) in [5.74, 6) is -0.461. The van der Waals surface area contributed by atoms with Gasteiger partial charge in [0.25, 0.3) is 5.91 Å². The third kappa shape index (κ3) is 3.85. The molecular weight excluding hydrogens is 335 g/mol. The van der Waals surface area contributed by atoms with Gasteiger partial charge < -0.3 is 4.74 Å². The number of hydrogen-bond acceptors (Lipinski definition) is 3. The second-order valence-electron chi connectivity index (χ2n) is 6.65. The molecular formula is C20H21FN2O3. The second-order valence-corrected chi connectivity index (χ2v) is 6.65. The van der Waals surface area contributed by atoms with Gasteiger partial charge in [-0.25, -0.2) is 4.39 Å². The van der Waals surface area contributed by atoms with Crippen molar-refractivity contribution in [1.29, 1.82) is 0 Å². The minimum Gasteiger partial charge on any atom is -0.483 e. The number of amides is 2. The lowest BCUT2D eigenvalue weighted by molar-refractivity contribution is -0.131. The molecule has 0 radical (unpaired) electrons. The van der Waals surface area contributed by atoms with Crippen LogP contribution in [0.25, 0.3) is 0 Å². The molecule has 0 atom stereocenters. The van der Waals surface area contributed by atoms with Crippen LogP contribution in [-0.4, -0.2) is 18.4 Å². The Morgan fingerprint density at radius 1 is 1.08 bits per heavy atom. The van der Waals surface area contributed by atoms with E-state index in [1.807, 2.05) is 32.0 Å². The van der Waals surface area contributed by atoms with Crippen molar-refractivity contribution < 1.29 is 18.7 Å². The highest BCUT2D eigenvalue weighted by Gasteiger charge is 2.51. The van der Waals surface area contributed by atoms with E-state index >= 15 is 0 Å². The predicted molar refractivity (Wildman–Crippen MR) is 95.0 cm³/mol. The van der Waals surface area contributed by atoms with Crippen molar-refractivity contribution in [3.63, 3.8) is 0 Å². The molecule has 0 aliphatic heterocycles. The fourth-order valence-electron chi connectivity index (χ4n) is 2.83. The Balaban J connectivity index is 1.52. The Kier molecular flexibility index (Phi) is 4.93. The molecule has 1 fully saturated rings. The first kappa shape index (κ1) is 17.9. The quantitative estimate of drug-likeness (QED) is 0.810. The highest BCUT2D eigenvalue weighted by molar-refractivity contribution is 5.92. The Morgan fingerprint density at radius 3 is 2.42 bits per heavy atom. The molecule has 0 unspecified atom stereocenters. The van der Waals surface area contributed by atoms with E-state index < -0.39 is 11.3 Å². The monoisotopic (exact) mass is 356 g/mol. The zero-order valence-electron chi connectivity index (χ0n) is 14.8. The van der Waals surface area contributed by atoms with Crippen molar-refractivity contribution >= 4 is 11.8 Å². The van der Waals surface area contributed by atoms with Crippen LogP contribution in [-0.2, 0) is 15.0 Å². The molecule has 2 aromatic carbocycles. The van der Waals surface area contributed by atoms with E-state index in [-0.39, 0.29) is 18.3 Å². The van der Waals surface area contributed by atoms with Crippen LogP contribution < -0.4 is 15.6 Å². The number of ether oxygens (including phenoxy) is 1. The van der Waals surface area contributed by atoms with Crippen LogP contribution in [0.5, 0.6) is 5.75 Å². The molecule has 6 heteroatoms. The van der Waals surface area contributed by atoms with Gasteiger partial charge in [0, 0.05) is 0 Å². The van der Waals surface area contributed by atoms with E-state index in [2.05, 4.69) is 10.9 Å². The summed E-state index contributed by atoms with van der Waals surface area (Å²) in [6.45, 7) is 3.64. The van der Waals surface area contributed by atoms with Crippen LogP contribution in [0.4, 0.5) is 4.39 Å². The van der Waals surface area contributed by atoms with E-state index in [0.29, 0.717) is 18.6 Å². The molecule has 0 saturated heterocycles. The van der Waals surface area contributed by atoms with E-state index in [1.54, 1.807) is 12.1 Å². The molecule has 5 nitrogen and oxygen atoms in total. The first-order chi connectivity index (χ1) is 12.4. The van der Waals surface area contributed by atoms with Crippen molar-refractivity contribution in [2.45, 2.75) is 32.1 Å². The molecule has 136 valence electrons. The highest BCUT2D eigenvalue weighted by Crippen LogP contribution is 2.48. The van der Waals surface area contributed by atoms with Gasteiger partial charge in [0.05, 0.1) is 5.41 Å². The summed E-state index contributed by atoms with van der Waals surface area (Å²) in [5.41, 5.74) is 6.85. The van der Waals surface area contributed by atoms with Gasteiger partial charge in [-0.2, -0.15) is 0 Å². The first-order valence-corrected chi connectivity index (χ1v) is 8.46. The number of carbonyl (C=O) groups is 2. The van der Waals surface area contributed by atoms with E-state index in [4.69, 9.17) is 4.74 Å². The van der Waals surface area contributed by atoms with Crippen molar-refractivity contribution in [3.8, 4) is 5.75 Å². The van der Waals surface area contributed by atoms with E-state index in [1.165, 1.54) is 12.1 Å². The lowest BCUT2D eigenvalue weighted by Crippen LogP contribution is -2.48. The van der Waals surface area contributed by atoms with Crippen LogP contribution in [0.3, 0.4) is 0 Å². The van der Waals surface area contributed by atoms with Crippen molar-refractivity contribution in [2.75, 3.05) is 6.61 Å². The van der Waals surface area contributed by atoms with E-state index in [0.717, 1.165) is 16.7 Å². The summed E-state index contributed by atoms with van der Waals surface area (Å²) in [6.07, 6.45) is 1.33. The molecule has 3 rings (SSSR count). The third-order valence-electron chi connectivity index (χ3n) is 4.60. The average molecular weight is 356 g/mol. The van der Waals surface area contributed by atoms with Gasteiger partial charge in [-0.15, -0.1) is 0 Å². The summed E-state index contributed by atoms with van der Waals surface area (Å²) >= 11 is 0. The molecule has 2 N–H and O–H groups in total. The zero-order chi connectivity index (χ0) is 18.7. The molecule has 26 heavy (non-hydrogen) atoms. The first-order valence-electron chi connectivity index (χ1n) is 8.46. The largest absolute Gasteiger partial charge is 0.483 e. The van der Waals surface area contributed by atoms with Gasteiger partial charge in [0.2, 0.25) is 5.91 Å². The Morgan fingerprint density at radius 2 is 1.77 bits per heavy atom. The van der Waals surface area contributed by atoms with Crippen LogP contribution in [0.1, 0.15) is 29.5 Å². The van der Waals surface area contributed by atoms with Crippen LogP contribution in [0.15, 0.2) is 42.5 Å². The average Bonchev–Trinajstić information content (AvgIpc) is 3.43. The van der Waals surface area contributed by atoms with Crippen molar-refractivity contribution in [1.82, 2.24) is 10.9 Å². The molecule has 0 heterocycles. The normalized spacial score (nSPS) is 14.4. The number of nitrogens with one attached hydrogen (secondary N) is 2. The molecule has 1 saturated carbocycles. The fourth-order valence-corrected chi connectivity index (χ4v) is 2.83. The predicted octanol–water partition coefficient (Wildman–Crippen LogP) is 2.70. The summed E-state index contributed by atoms with van der Waals surface area (Å²) in [5, 5.41) is 0. The summed E-state index contributed by atoms with van der Waals surface area (Å²) < 4.78 is 18.6. The molecule has 0 bridgehead atoms. The van der Waals surface area contributed by atoms with Gasteiger partial charge in [0.1, 0.15) is 11.6 Å². The number of rotatable bonds is 5. The Hall–Kier alpha value is -2.89. The maximum atomic E-state index is 13.1. The number of hydrazine groups is 1. The van der Waals surface area contributed by atoms with E-state index in [9.17, 15) is 14.0 Å². The standard InChI is InChI=1S/C20H21FN2O3/c1-13-3-4-14(2)17(11-13)26-12-18(24)22-23-19(25)20(9-10-20)15-5-7-16(21)8-6-15/h3-8,11H,9-10,12H2,1-2H3,(H,22,24)(H,23,25). The molecule has 1 aliphatic carbocycles. The lowest BCUT2D eigenvalue weighted by Gasteiger charge is -2.16. The molecule has 0 aromatic heterocycles. The molecule has 0 spiro atoms. The van der Waals surface area contributed by atoms with Gasteiger partial charge in [-0.1, -0.05) is 24.3 Å². The number of carbonyl (C=O) groups excluding carboxylic acids is 2. The molecule has 1 aliphatic rings. The smallest absolute Gasteiger partial charge is 0.276 e. The maximum absolute atomic E-state index is 13.1. The van der Waals surface area contributed by atoms with Gasteiger partial charge in [0.15, 0.2) is 6.61 Å². The third-order valence-corrected chi connectivity index (χ3v) is 4.60. The fraction of sp³-hybridized carbons (Fsp3) is 0.300. The van der Waals surface area contributed by atoms with Gasteiger partial charge in [-0.3, -0.25) is 20.4 Å². The van der Waals surface area contributed by atoms with Gasteiger partial charge in [-0.05, 0) is 61.6 Å². The maximum Gasteiger partial charge on any atom is 0.276 e. The molecule has 2 aromatic rings. The summed E-state index contributed by atoms with van der Waals surface area (Å²) in [7, 11) is 0. The van der Waals surface area contributed by atoms with Crippen LogP contribution in [0, 0.1) is 19.7 Å². The van der Waals surface area contributed by atoms with Crippen LogP contribution >= 0.6 is 0 Å². The SMILES string of the molecule is Cc1ccc(C)c(OCC(=O)NNC(=O)C2(c3ccc(F)cc3)CC2)c1. The lowest BCUT2D eigenvalue weighted by atomic mass is 9.95. The Labute approximate surface area is 151 Å². The number of benzene rings is 2. The summed E-state index contributed by atoms with van der Waals surface area (Å²) in [6, 6.07) is 11.6. The number of halogens is 1. The van der Waals surface area contributed by atoms with Gasteiger partial charge >= 0.3 is 0 Å². The minimum atomic E-state index is -0.686. The highest BCUT2D eigenvalue weighted by atomic mass is 19.1. The zero-order valence-corrected chi connectivity index (χ0v) is 14.8. The van der Waals surface area contributed by atoms with Crippen molar-refractivity contribution in [2.24, 2.45) is 0 Å².